The van der Waals surface area contributed by atoms with Crippen LogP contribution in [0.1, 0.15) is 25.8 Å². The first kappa shape index (κ1) is 18.1. The predicted molar refractivity (Wildman–Crippen MR) is 110 cm³/mol. The number of aromatic nitrogens is 4. The zero-order valence-electron chi connectivity index (χ0n) is 15.2. The highest BCUT2D eigenvalue weighted by Gasteiger charge is 2.17. The normalized spacial score (nSPS) is 11.5. The maximum absolute atomic E-state index is 13.0. The van der Waals surface area contributed by atoms with Gasteiger partial charge in [0.15, 0.2) is 5.16 Å². The van der Waals surface area contributed by atoms with Crippen molar-refractivity contribution >= 4 is 39.1 Å². The fourth-order valence-corrected chi connectivity index (χ4v) is 4.45. The molecule has 4 rings (SSSR count). The molecular formula is C19H20N4O2S2. The highest BCUT2D eigenvalue weighted by molar-refractivity contribution is 7.99. The van der Waals surface area contributed by atoms with Crippen LogP contribution in [0.4, 0.5) is 0 Å². The first-order chi connectivity index (χ1) is 13.2. The van der Waals surface area contributed by atoms with Crippen LogP contribution in [0.2, 0.25) is 0 Å². The summed E-state index contributed by atoms with van der Waals surface area (Å²) in [6.07, 6.45) is 0.973. The molecule has 0 N–H and O–H groups in total. The quantitative estimate of drug-likeness (QED) is 0.438. The smallest absolute Gasteiger partial charge is 0.273 e. The zero-order valence-corrected chi connectivity index (χ0v) is 16.8. The molecule has 0 aliphatic heterocycles. The molecule has 0 unspecified atom stereocenters. The third kappa shape index (κ3) is 3.35. The van der Waals surface area contributed by atoms with Gasteiger partial charge in [0.05, 0.1) is 18.7 Å². The molecule has 1 aromatic carbocycles. The second kappa shape index (κ2) is 7.74. The summed E-state index contributed by atoms with van der Waals surface area (Å²) >= 11 is 3.08. The highest BCUT2D eigenvalue weighted by Crippen LogP contribution is 2.24. The van der Waals surface area contributed by atoms with Gasteiger partial charge in [-0.05, 0) is 41.3 Å². The van der Waals surface area contributed by atoms with Crippen molar-refractivity contribution in [2.45, 2.75) is 32.0 Å². The Labute approximate surface area is 164 Å². The van der Waals surface area contributed by atoms with E-state index in [9.17, 15) is 4.79 Å². The second-order valence-electron chi connectivity index (χ2n) is 6.07. The molecule has 0 atom stereocenters. The van der Waals surface area contributed by atoms with Crippen molar-refractivity contribution in [3.8, 4) is 5.75 Å². The Morgan fingerprint density at radius 3 is 2.70 bits per heavy atom. The number of benzene rings is 1. The molecule has 0 bridgehead atoms. The number of hydrogen-bond acceptors (Lipinski definition) is 6. The van der Waals surface area contributed by atoms with Gasteiger partial charge in [-0.25, -0.2) is 0 Å². The van der Waals surface area contributed by atoms with Crippen LogP contribution in [0.25, 0.3) is 16.0 Å². The van der Waals surface area contributed by atoms with E-state index in [4.69, 9.17) is 4.74 Å². The van der Waals surface area contributed by atoms with Crippen LogP contribution >= 0.6 is 23.1 Å². The van der Waals surface area contributed by atoms with Crippen LogP contribution in [0, 0.1) is 0 Å². The van der Waals surface area contributed by atoms with Gasteiger partial charge >= 0.3 is 0 Å². The lowest BCUT2D eigenvalue weighted by Crippen LogP contribution is -2.23. The molecule has 6 nitrogen and oxygen atoms in total. The summed E-state index contributed by atoms with van der Waals surface area (Å²) in [6, 6.07) is 9.83. The molecule has 0 spiro atoms. The Hall–Kier alpha value is -2.32. The molecule has 0 amide bonds. The van der Waals surface area contributed by atoms with Crippen molar-refractivity contribution in [2.75, 3.05) is 12.4 Å². The Bertz CT molecular complexity index is 1130. The molecule has 0 radical (unpaired) electrons. The largest absolute Gasteiger partial charge is 0.494 e. The summed E-state index contributed by atoms with van der Waals surface area (Å²) < 4.78 is 10.0. The van der Waals surface area contributed by atoms with Gasteiger partial charge in [0, 0.05) is 0 Å². The number of rotatable bonds is 7. The fraction of sp³-hybridized carbons (Fsp3) is 0.316. The Morgan fingerprint density at radius 1 is 1.15 bits per heavy atom. The van der Waals surface area contributed by atoms with E-state index < -0.39 is 0 Å². The number of fused-ring (bicyclic) bond motifs is 3. The van der Waals surface area contributed by atoms with E-state index in [0.29, 0.717) is 18.9 Å². The highest BCUT2D eigenvalue weighted by atomic mass is 32.2. The van der Waals surface area contributed by atoms with Crippen LogP contribution in [0.3, 0.4) is 0 Å². The lowest BCUT2D eigenvalue weighted by atomic mass is 10.2. The average molecular weight is 401 g/mol. The van der Waals surface area contributed by atoms with Gasteiger partial charge in [0.25, 0.3) is 5.56 Å². The Morgan fingerprint density at radius 2 is 1.96 bits per heavy atom. The number of ether oxygens (including phenoxy) is 1. The molecule has 4 aromatic rings. The topological polar surface area (TPSA) is 61.4 Å². The third-order valence-electron chi connectivity index (χ3n) is 4.19. The monoisotopic (exact) mass is 400 g/mol. The molecule has 0 saturated heterocycles. The van der Waals surface area contributed by atoms with E-state index >= 15 is 0 Å². The van der Waals surface area contributed by atoms with Crippen molar-refractivity contribution in [2.24, 2.45) is 0 Å². The first-order valence-corrected chi connectivity index (χ1v) is 10.8. The van der Waals surface area contributed by atoms with Crippen molar-refractivity contribution < 1.29 is 4.74 Å². The maximum Gasteiger partial charge on any atom is 0.273 e. The van der Waals surface area contributed by atoms with Crippen molar-refractivity contribution in [1.82, 2.24) is 19.2 Å². The lowest BCUT2D eigenvalue weighted by Gasteiger charge is -2.10. The van der Waals surface area contributed by atoms with Crippen LogP contribution in [0.5, 0.6) is 5.75 Å². The molecule has 27 heavy (non-hydrogen) atoms. The van der Waals surface area contributed by atoms with Gasteiger partial charge in [-0.2, -0.15) is 0 Å². The molecule has 8 heteroatoms. The maximum atomic E-state index is 13.0. The van der Waals surface area contributed by atoms with Gasteiger partial charge in [-0.1, -0.05) is 37.7 Å². The Balaban J connectivity index is 1.78. The standard InChI is InChI=1S/C19H20N4O2S2/c1-3-10-25-14-7-5-13(6-8-14)12-22-17(24)16-15(9-11-27-16)23-18(22)20-21-19(23)26-4-2/h5-9,11H,3-4,10,12H2,1-2H3. The van der Waals surface area contributed by atoms with Gasteiger partial charge in [0.1, 0.15) is 10.4 Å². The van der Waals surface area contributed by atoms with E-state index in [1.165, 1.54) is 11.3 Å². The lowest BCUT2D eigenvalue weighted by molar-refractivity contribution is 0.317. The van der Waals surface area contributed by atoms with Gasteiger partial charge < -0.3 is 4.74 Å². The summed E-state index contributed by atoms with van der Waals surface area (Å²) in [5.74, 6) is 2.31. The second-order valence-corrected chi connectivity index (χ2v) is 8.22. The first-order valence-electron chi connectivity index (χ1n) is 8.92. The van der Waals surface area contributed by atoms with Crippen molar-refractivity contribution in [3.63, 3.8) is 0 Å². The van der Waals surface area contributed by atoms with E-state index in [0.717, 1.165) is 38.9 Å². The third-order valence-corrected chi connectivity index (χ3v) is 5.90. The van der Waals surface area contributed by atoms with E-state index in [-0.39, 0.29) is 5.56 Å². The summed E-state index contributed by atoms with van der Waals surface area (Å²) in [5.41, 5.74) is 1.87. The van der Waals surface area contributed by atoms with Crippen LogP contribution in [-0.2, 0) is 6.54 Å². The van der Waals surface area contributed by atoms with Crippen molar-refractivity contribution in [1.29, 1.82) is 0 Å². The minimum Gasteiger partial charge on any atom is -0.494 e. The molecule has 0 fully saturated rings. The molecule has 0 aliphatic carbocycles. The van der Waals surface area contributed by atoms with Gasteiger partial charge in [0.2, 0.25) is 5.78 Å². The van der Waals surface area contributed by atoms with Crippen LogP contribution < -0.4 is 10.3 Å². The molecular weight excluding hydrogens is 380 g/mol. The number of thiophene rings is 1. The van der Waals surface area contributed by atoms with E-state index in [1.54, 1.807) is 16.3 Å². The number of thioether (sulfide) groups is 1. The SMILES string of the molecule is CCCOc1ccc(Cn2c(=O)c3sccc3n3c(SCC)nnc23)cc1. The van der Waals surface area contributed by atoms with Crippen LogP contribution in [-0.4, -0.2) is 31.5 Å². The van der Waals surface area contributed by atoms with Crippen molar-refractivity contribution in [3.05, 3.63) is 51.6 Å². The van der Waals surface area contributed by atoms with Gasteiger partial charge in [-0.15, -0.1) is 21.5 Å². The number of nitrogens with zero attached hydrogens (tertiary/aromatic N) is 4. The molecule has 3 aromatic heterocycles. The average Bonchev–Trinajstić information content (AvgIpc) is 3.32. The fourth-order valence-electron chi connectivity index (χ4n) is 2.96. The summed E-state index contributed by atoms with van der Waals surface area (Å²) in [7, 11) is 0. The molecule has 0 saturated carbocycles. The minimum absolute atomic E-state index is 0.0285. The van der Waals surface area contributed by atoms with Crippen LogP contribution in [0.15, 0.2) is 45.7 Å². The predicted octanol–water partition coefficient (Wildman–Crippen LogP) is 4.05. The van der Waals surface area contributed by atoms with E-state index in [2.05, 4.69) is 24.0 Å². The summed E-state index contributed by atoms with van der Waals surface area (Å²) in [5, 5.41) is 11.4. The minimum atomic E-state index is -0.0285. The summed E-state index contributed by atoms with van der Waals surface area (Å²) in [6.45, 7) is 5.30. The number of hydrogen-bond donors (Lipinski definition) is 0. The van der Waals surface area contributed by atoms with Gasteiger partial charge in [-0.3, -0.25) is 13.8 Å². The summed E-state index contributed by atoms with van der Waals surface area (Å²) in [4.78, 5) is 13.0. The zero-order chi connectivity index (χ0) is 18.8. The molecule has 3 heterocycles. The van der Waals surface area contributed by atoms with E-state index in [1.807, 2.05) is 40.1 Å². The Kier molecular flexibility index (Phi) is 5.18. The molecule has 0 aliphatic rings. The molecule has 140 valence electrons.